The van der Waals surface area contributed by atoms with E-state index in [0.29, 0.717) is 11.1 Å². The zero-order valence-electron chi connectivity index (χ0n) is 17.0. The van der Waals surface area contributed by atoms with E-state index in [2.05, 4.69) is 10.6 Å². The predicted molar refractivity (Wildman–Crippen MR) is 113 cm³/mol. The molecule has 0 radical (unpaired) electrons. The summed E-state index contributed by atoms with van der Waals surface area (Å²) in [5.41, 5.74) is 1.19. The van der Waals surface area contributed by atoms with Gasteiger partial charge in [-0.15, -0.1) is 0 Å². The van der Waals surface area contributed by atoms with Gasteiger partial charge in [-0.2, -0.15) is 0 Å². The molecule has 0 unspecified atom stereocenters. The van der Waals surface area contributed by atoms with Crippen LogP contribution in [0.2, 0.25) is 0 Å². The van der Waals surface area contributed by atoms with Gasteiger partial charge in [0.1, 0.15) is 6.04 Å². The molecule has 2 aliphatic carbocycles. The Morgan fingerprint density at radius 2 is 1.52 bits per heavy atom. The first-order valence-electron chi connectivity index (χ1n) is 10.5. The fraction of sp³-hybridized carbons (Fsp3) is 0.333. The predicted octanol–water partition coefficient (Wildman–Crippen LogP) is 2.00. The highest BCUT2D eigenvalue weighted by atomic mass is 16.3. The molecular formula is C24H24N2O5. The van der Waals surface area contributed by atoms with Crippen molar-refractivity contribution >= 4 is 23.4 Å². The maximum atomic E-state index is 12.8. The monoisotopic (exact) mass is 420 g/mol. The average molecular weight is 420 g/mol. The first-order valence-corrected chi connectivity index (χ1v) is 10.5. The van der Waals surface area contributed by atoms with Crippen LogP contribution in [-0.2, 0) is 4.79 Å². The van der Waals surface area contributed by atoms with E-state index in [4.69, 9.17) is 0 Å². The summed E-state index contributed by atoms with van der Waals surface area (Å²) < 4.78 is 0. The van der Waals surface area contributed by atoms with E-state index < -0.39 is 24.5 Å². The Morgan fingerprint density at radius 3 is 2.16 bits per heavy atom. The summed E-state index contributed by atoms with van der Waals surface area (Å²) in [6.45, 7) is -0.542. The number of hydrogen-bond donors (Lipinski definition) is 3. The van der Waals surface area contributed by atoms with Crippen molar-refractivity contribution in [1.82, 2.24) is 10.6 Å². The van der Waals surface area contributed by atoms with Crippen LogP contribution in [0, 0.1) is 0 Å². The number of nitrogens with one attached hydrogen (secondary N) is 2. The molecule has 4 rings (SSSR count). The lowest BCUT2D eigenvalue weighted by atomic mass is 9.83. The van der Waals surface area contributed by atoms with Crippen molar-refractivity contribution in [1.29, 1.82) is 0 Å². The van der Waals surface area contributed by atoms with E-state index in [0.717, 1.165) is 32.1 Å². The Hall–Kier alpha value is -3.32. The van der Waals surface area contributed by atoms with Crippen molar-refractivity contribution in [2.75, 3.05) is 6.61 Å². The molecule has 2 aromatic rings. The lowest BCUT2D eigenvalue weighted by Crippen LogP contribution is -2.51. The Kier molecular flexibility index (Phi) is 5.95. The molecule has 1 saturated carbocycles. The van der Waals surface area contributed by atoms with Crippen LogP contribution in [0.5, 0.6) is 0 Å². The summed E-state index contributed by atoms with van der Waals surface area (Å²) in [5, 5.41) is 15.0. The molecule has 160 valence electrons. The largest absolute Gasteiger partial charge is 0.394 e. The van der Waals surface area contributed by atoms with Crippen molar-refractivity contribution in [2.45, 2.75) is 44.2 Å². The normalized spacial score (nSPS) is 16.8. The second kappa shape index (κ2) is 8.81. The molecule has 0 aliphatic heterocycles. The van der Waals surface area contributed by atoms with Gasteiger partial charge in [-0.3, -0.25) is 19.2 Å². The number of aliphatic hydroxyl groups excluding tert-OH is 1. The summed E-state index contributed by atoms with van der Waals surface area (Å²) in [4.78, 5) is 50.8. The zero-order valence-corrected chi connectivity index (χ0v) is 17.0. The fourth-order valence-corrected chi connectivity index (χ4v) is 4.23. The highest BCUT2D eigenvalue weighted by Crippen LogP contribution is 2.28. The minimum atomic E-state index is -1.09. The molecule has 2 aliphatic rings. The summed E-state index contributed by atoms with van der Waals surface area (Å²) in [5.74, 6) is -1.62. The highest BCUT2D eigenvalue weighted by molar-refractivity contribution is 6.28. The van der Waals surface area contributed by atoms with Gasteiger partial charge in [0.2, 0.25) is 5.91 Å². The van der Waals surface area contributed by atoms with Crippen molar-refractivity contribution in [3.8, 4) is 0 Å². The number of carbonyl (C=O) groups excluding carboxylic acids is 4. The number of hydrogen-bond acceptors (Lipinski definition) is 5. The molecule has 7 heteroatoms. The number of aliphatic hydroxyl groups is 1. The molecule has 1 atom stereocenters. The van der Waals surface area contributed by atoms with E-state index in [1.807, 2.05) is 0 Å². The van der Waals surface area contributed by atoms with Gasteiger partial charge in [-0.25, -0.2) is 0 Å². The Balaban J connectivity index is 1.50. The third-order valence-corrected chi connectivity index (χ3v) is 5.94. The molecule has 0 aromatic heterocycles. The summed E-state index contributed by atoms with van der Waals surface area (Å²) in [6.07, 6.45) is 5.02. The third kappa shape index (κ3) is 4.14. The molecule has 7 nitrogen and oxygen atoms in total. The Labute approximate surface area is 179 Å². The number of carbonyl (C=O) groups is 4. The maximum Gasteiger partial charge on any atom is 0.252 e. The third-order valence-electron chi connectivity index (χ3n) is 5.94. The molecule has 0 saturated heterocycles. The molecule has 2 amide bonds. The molecule has 1 fully saturated rings. The summed E-state index contributed by atoms with van der Waals surface area (Å²) in [6, 6.07) is 9.81. The van der Waals surface area contributed by atoms with Crippen LogP contribution in [0.4, 0.5) is 0 Å². The molecular weight excluding hydrogens is 396 g/mol. The second-order valence-corrected chi connectivity index (χ2v) is 8.02. The molecule has 31 heavy (non-hydrogen) atoms. The topological polar surface area (TPSA) is 113 Å². The van der Waals surface area contributed by atoms with Gasteiger partial charge in [-0.1, -0.05) is 43.5 Å². The van der Waals surface area contributed by atoms with Gasteiger partial charge in [0, 0.05) is 33.9 Å². The van der Waals surface area contributed by atoms with Gasteiger partial charge >= 0.3 is 0 Å². The lowest BCUT2D eigenvalue weighted by molar-refractivity contribution is -0.124. The molecule has 0 heterocycles. The Morgan fingerprint density at radius 1 is 0.903 bits per heavy atom. The van der Waals surface area contributed by atoms with Gasteiger partial charge in [0.15, 0.2) is 11.6 Å². The number of amides is 2. The SMILES string of the molecule is O=C(N[C@@H](CO)C(=O)NC1CCCCC1)c1ccc2c(c1)C(=O)c1ccccc1C2=O. The van der Waals surface area contributed by atoms with Crippen LogP contribution in [0.3, 0.4) is 0 Å². The van der Waals surface area contributed by atoms with Gasteiger partial charge in [-0.05, 0) is 31.0 Å². The van der Waals surface area contributed by atoms with Gasteiger partial charge in [0.05, 0.1) is 6.61 Å². The lowest BCUT2D eigenvalue weighted by Gasteiger charge is -2.25. The minimum absolute atomic E-state index is 0.0552. The number of ketones is 2. The number of rotatable bonds is 5. The molecule has 0 bridgehead atoms. The van der Waals surface area contributed by atoms with Gasteiger partial charge in [0.25, 0.3) is 5.91 Å². The molecule has 3 N–H and O–H groups in total. The van der Waals surface area contributed by atoms with E-state index in [1.54, 1.807) is 24.3 Å². The van der Waals surface area contributed by atoms with Gasteiger partial charge < -0.3 is 15.7 Å². The number of benzene rings is 2. The summed E-state index contributed by atoms with van der Waals surface area (Å²) >= 11 is 0. The Bertz CT molecular complexity index is 1060. The van der Waals surface area contributed by atoms with Crippen LogP contribution in [0.15, 0.2) is 42.5 Å². The highest BCUT2D eigenvalue weighted by Gasteiger charge is 2.30. The van der Waals surface area contributed by atoms with Crippen molar-refractivity contribution in [3.05, 3.63) is 70.3 Å². The fourth-order valence-electron chi connectivity index (χ4n) is 4.23. The standard InChI is InChI=1S/C24H24N2O5/c27-13-20(24(31)25-15-6-2-1-3-7-15)26-23(30)14-10-11-18-19(12-14)22(29)17-9-5-4-8-16(17)21(18)28/h4-5,8-12,15,20,27H,1-3,6-7,13H2,(H,25,31)(H,26,30)/t20-/m0/s1. The second-order valence-electron chi connectivity index (χ2n) is 8.02. The van der Waals surface area contributed by atoms with E-state index in [9.17, 15) is 24.3 Å². The van der Waals surface area contributed by atoms with Crippen LogP contribution in [0.1, 0.15) is 74.3 Å². The zero-order chi connectivity index (χ0) is 22.0. The van der Waals surface area contributed by atoms with E-state index >= 15 is 0 Å². The van der Waals surface area contributed by atoms with Crippen molar-refractivity contribution in [3.63, 3.8) is 0 Å². The molecule has 0 spiro atoms. The van der Waals surface area contributed by atoms with Crippen LogP contribution < -0.4 is 10.6 Å². The quantitative estimate of drug-likeness (QED) is 0.584. The number of fused-ring (bicyclic) bond motifs is 2. The van der Waals surface area contributed by atoms with Crippen LogP contribution >= 0.6 is 0 Å². The summed E-state index contributed by atoms with van der Waals surface area (Å²) in [7, 11) is 0. The smallest absolute Gasteiger partial charge is 0.252 e. The van der Waals surface area contributed by atoms with Crippen molar-refractivity contribution < 1.29 is 24.3 Å². The molecule has 2 aromatic carbocycles. The first-order chi connectivity index (χ1) is 15.0. The first kappa shape index (κ1) is 20.9. The minimum Gasteiger partial charge on any atom is -0.394 e. The van der Waals surface area contributed by atoms with Crippen LogP contribution in [-0.4, -0.2) is 47.2 Å². The average Bonchev–Trinajstić information content (AvgIpc) is 2.81. The van der Waals surface area contributed by atoms with E-state index in [-0.39, 0.29) is 34.3 Å². The maximum absolute atomic E-state index is 12.8. The van der Waals surface area contributed by atoms with Crippen LogP contribution in [0.25, 0.3) is 0 Å². The van der Waals surface area contributed by atoms with E-state index in [1.165, 1.54) is 18.2 Å². The van der Waals surface area contributed by atoms with Crippen molar-refractivity contribution in [2.24, 2.45) is 0 Å².